The maximum atomic E-state index is 6.07. The lowest BCUT2D eigenvalue weighted by Crippen LogP contribution is -2.35. The Labute approximate surface area is 130 Å². The van der Waals surface area contributed by atoms with Crippen molar-refractivity contribution in [3.8, 4) is 12.3 Å². The molecule has 0 aromatic rings. The highest BCUT2D eigenvalue weighted by Crippen LogP contribution is 2.36. The molecule has 0 amide bonds. The van der Waals surface area contributed by atoms with E-state index in [9.17, 15) is 0 Å². The third kappa shape index (κ3) is 8.59. The zero-order chi connectivity index (χ0) is 16.0. The second kappa shape index (κ2) is 8.10. The Hall–Kier alpha value is 0.340. The van der Waals surface area contributed by atoms with Crippen LogP contribution in [0.25, 0.3) is 0 Å². The number of hydrogen-bond acceptors (Lipinski definition) is 2. The SMILES string of the molecule is C#CCC(C)(C)OCCC(C)(C)OCC(P)(P)C(C)C. The van der Waals surface area contributed by atoms with Gasteiger partial charge >= 0.3 is 0 Å². The van der Waals surface area contributed by atoms with Crippen molar-refractivity contribution in [2.75, 3.05) is 13.2 Å². The van der Waals surface area contributed by atoms with Crippen LogP contribution in [0.15, 0.2) is 0 Å². The first kappa shape index (κ1) is 20.3. The van der Waals surface area contributed by atoms with E-state index in [2.05, 4.69) is 52.1 Å². The third-order valence-electron chi connectivity index (χ3n) is 3.51. The van der Waals surface area contributed by atoms with Crippen molar-refractivity contribution in [1.29, 1.82) is 0 Å². The van der Waals surface area contributed by atoms with Crippen LogP contribution in [0, 0.1) is 18.3 Å². The lowest BCUT2D eigenvalue weighted by Gasteiger charge is -2.34. The van der Waals surface area contributed by atoms with Crippen LogP contribution in [0.1, 0.15) is 54.4 Å². The van der Waals surface area contributed by atoms with Gasteiger partial charge in [-0.25, -0.2) is 0 Å². The van der Waals surface area contributed by atoms with E-state index in [-0.39, 0.29) is 16.1 Å². The fourth-order valence-electron chi connectivity index (χ4n) is 1.43. The summed E-state index contributed by atoms with van der Waals surface area (Å²) in [6, 6.07) is 0. The normalized spacial score (nSPS) is 13.6. The van der Waals surface area contributed by atoms with Crippen molar-refractivity contribution in [2.45, 2.75) is 70.5 Å². The van der Waals surface area contributed by atoms with Crippen molar-refractivity contribution in [3.05, 3.63) is 0 Å². The summed E-state index contributed by atoms with van der Waals surface area (Å²) in [6.45, 7) is 14.0. The van der Waals surface area contributed by atoms with Crippen LogP contribution in [0.5, 0.6) is 0 Å². The van der Waals surface area contributed by atoms with E-state index in [1.165, 1.54) is 0 Å². The summed E-state index contributed by atoms with van der Waals surface area (Å²) in [5.74, 6) is 3.18. The predicted octanol–water partition coefficient (Wildman–Crippen LogP) is 4.09. The Morgan fingerprint density at radius 3 is 2.05 bits per heavy atom. The molecular formula is C16H32O2P2. The van der Waals surface area contributed by atoms with Crippen molar-refractivity contribution in [3.63, 3.8) is 0 Å². The number of rotatable bonds is 9. The summed E-state index contributed by atoms with van der Waals surface area (Å²) in [5.41, 5.74) is -0.451. The second-order valence-electron chi connectivity index (χ2n) is 7.05. The zero-order valence-corrected chi connectivity index (χ0v) is 16.3. The smallest absolute Gasteiger partial charge is 0.0735 e. The fourth-order valence-corrected chi connectivity index (χ4v) is 1.60. The van der Waals surface area contributed by atoms with Gasteiger partial charge in [0.2, 0.25) is 0 Å². The first-order chi connectivity index (χ1) is 8.92. The average molecular weight is 318 g/mol. The van der Waals surface area contributed by atoms with Gasteiger partial charge in [0.1, 0.15) is 0 Å². The highest BCUT2D eigenvalue weighted by Gasteiger charge is 2.28. The molecule has 0 bridgehead atoms. The van der Waals surface area contributed by atoms with Crippen molar-refractivity contribution in [2.24, 2.45) is 5.92 Å². The molecule has 118 valence electrons. The van der Waals surface area contributed by atoms with Crippen LogP contribution in [-0.4, -0.2) is 29.3 Å². The summed E-state index contributed by atoms with van der Waals surface area (Å²) >= 11 is 0. The minimum atomic E-state index is -0.256. The van der Waals surface area contributed by atoms with E-state index in [0.717, 1.165) is 6.42 Å². The molecule has 0 N–H and O–H groups in total. The van der Waals surface area contributed by atoms with E-state index in [0.29, 0.717) is 25.6 Å². The Balaban J connectivity index is 4.18. The highest BCUT2D eigenvalue weighted by atomic mass is 31.1. The maximum absolute atomic E-state index is 6.07. The van der Waals surface area contributed by atoms with Crippen LogP contribution in [0.2, 0.25) is 0 Å². The second-order valence-corrected chi connectivity index (χ2v) is 9.87. The van der Waals surface area contributed by atoms with E-state index < -0.39 is 0 Å². The summed E-state index contributed by atoms with van der Waals surface area (Å²) in [7, 11) is 5.75. The number of ether oxygens (including phenoxy) is 2. The molecule has 0 aromatic carbocycles. The Morgan fingerprint density at radius 2 is 1.60 bits per heavy atom. The first-order valence-electron chi connectivity index (χ1n) is 7.21. The number of hydrogen-bond donors (Lipinski definition) is 0. The molecule has 0 spiro atoms. The predicted molar refractivity (Wildman–Crippen MR) is 95.1 cm³/mol. The molecule has 0 heterocycles. The summed E-state index contributed by atoms with van der Waals surface area (Å²) in [4.78, 5) is 0.0286. The lowest BCUT2D eigenvalue weighted by molar-refractivity contribution is -0.0729. The standard InChI is InChI=1S/C16H32O2P2/c1-8-9-14(4,5)17-11-10-15(6,7)18-12-16(19,20)13(2)3/h1,13H,9-12,19-20H2,2-7H3. The van der Waals surface area contributed by atoms with Crippen LogP contribution in [-0.2, 0) is 9.47 Å². The Bertz CT molecular complexity index is 328. The monoisotopic (exact) mass is 318 g/mol. The van der Waals surface area contributed by atoms with Gasteiger partial charge in [-0.2, -0.15) is 0 Å². The van der Waals surface area contributed by atoms with Crippen molar-refractivity contribution >= 4 is 18.5 Å². The van der Waals surface area contributed by atoms with Gasteiger partial charge in [0, 0.05) is 11.3 Å². The van der Waals surface area contributed by atoms with E-state index in [1.807, 2.05) is 13.8 Å². The molecule has 0 fully saturated rings. The third-order valence-corrected chi connectivity index (χ3v) is 5.18. The Kier molecular flexibility index (Phi) is 8.24. The molecule has 2 atom stereocenters. The summed E-state index contributed by atoms with van der Waals surface area (Å²) in [5, 5.41) is 0. The van der Waals surface area contributed by atoms with Crippen LogP contribution in [0.4, 0.5) is 0 Å². The molecular weight excluding hydrogens is 286 g/mol. The largest absolute Gasteiger partial charge is 0.374 e. The molecule has 2 unspecified atom stereocenters. The molecule has 0 aromatic heterocycles. The van der Waals surface area contributed by atoms with Gasteiger partial charge < -0.3 is 9.47 Å². The summed E-state index contributed by atoms with van der Waals surface area (Å²) < 4.78 is 11.9. The van der Waals surface area contributed by atoms with Gasteiger partial charge in [-0.1, -0.05) is 13.8 Å². The lowest BCUT2D eigenvalue weighted by atomic mass is 10.0. The zero-order valence-electron chi connectivity index (χ0n) is 14.0. The van der Waals surface area contributed by atoms with E-state index in [1.54, 1.807) is 0 Å². The van der Waals surface area contributed by atoms with Gasteiger partial charge in [0.25, 0.3) is 0 Å². The molecule has 0 aliphatic rings. The fraction of sp³-hybridized carbons (Fsp3) is 0.875. The maximum Gasteiger partial charge on any atom is 0.0735 e. The molecule has 0 saturated heterocycles. The molecule has 4 heteroatoms. The van der Waals surface area contributed by atoms with Gasteiger partial charge in [0.15, 0.2) is 0 Å². The van der Waals surface area contributed by atoms with E-state index >= 15 is 0 Å². The minimum Gasteiger partial charge on any atom is -0.374 e. The van der Waals surface area contributed by atoms with Gasteiger partial charge in [-0.05, 0) is 40.0 Å². The van der Waals surface area contributed by atoms with Gasteiger partial charge in [0.05, 0.1) is 24.4 Å². The molecule has 20 heavy (non-hydrogen) atoms. The van der Waals surface area contributed by atoms with Crippen molar-refractivity contribution in [1.82, 2.24) is 0 Å². The van der Waals surface area contributed by atoms with Crippen molar-refractivity contribution < 1.29 is 9.47 Å². The molecule has 0 aliphatic heterocycles. The van der Waals surface area contributed by atoms with Crippen LogP contribution < -0.4 is 0 Å². The Morgan fingerprint density at radius 1 is 1.05 bits per heavy atom. The highest BCUT2D eigenvalue weighted by molar-refractivity contribution is 7.40. The van der Waals surface area contributed by atoms with Gasteiger partial charge in [-0.3, -0.25) is 0 Å². The molecule has 2 nitrogen and oxygen atoms in total. The number of terminal acetylenes is 1. The molecule has 0 rings (SSSR count). The van der Waals surface area contributed by atoms with Crippen LogP contribution >= 0.6 is 18.5 Å². The minimum absolute atomic E-state index is 0.0286. The quantitative estimate of drug-likeness (QED) is 0.471. The summed E-state index contributed by atoms with van der Waals surface area (Å²) in [6.07, 6.45) is 6.82. The molecule has 0 radical (unpaired) electrons. The average Bonchev–Trinajstić information content (AvgIpc) is 2.25. The van der Waals surface area contributed by atoms with Crippen LogP contribution in [0.3, 0.4) is 0 Å². The molecule has 0 aliphatic carbocycles. The topological polar surface area (TPSA) is 18.5 Å². The van der Waals surface area contributed by atoms with Gasteiger partial charge in [-0.15, -0.1) is 30.8 Å². The van der Waals surface area contributed by atoms with E-state index in [4.69, 9.17) is 15.9 Å². The molecule has 0 saturated carbocycles. The first-order valence-corrected chi connectivity index (χ1v) is 8.36.